The molecule has 5 heteroatoms. The fourth-order valence-electron chi connectivity index (χ4n) is 6.86. The molecule has 46 heavy (non-hydrogen) atoms. The lowest BCUT2D eigenvalue weighted by Crippen LogP contribution is -2.08. The maximum atomic E-state index is 12.7. The highest BCUT2D eigenvalue weighted by atomic mass is 32.2. The summed E-state index contributed by atoms with van der Waals surface area (Å²) in [5, 5.41) is 1.58. The molecule has 0 unspecified atom stereocenters. The minimum Gasteiger partial charge on any atom is -0.307 e. The van der Waals surface area contributed by atoms with Gasteiger partial charge in [0, 0.05) is 5.39 Å². The molecule has 264 valence electrons. The quantitative estimate of drug-likeness (QED) is 0.0697. The summed E-state index contributed by atoms with van der Waals surface area (Å²) in [6, 6.07) is 9.85. The van der Waals surface area contributed by atoms with Crippen LogP contribution < -0.4 is 0 Å². The molecule has 0 spiro atoms. The Morgan fingerprint density at radius 3 is 1.26 bits per heavy atom. The van der Waals surface area contributed by atoms with Crippen LogP contribution in [0.5, 0.6) is 0 Å². The molecule has 0 fully saturated rings. The summed E-state index contributed by atoms with van der Waals surface area (Å²) in [5.41, 5.74) is 1.99. The SMILES string of the molecule is C=O.CCCCCCCCCCCCCCCc1cc2ccccc2c(S(=O)(=O)O)c1CCCCCCCCCCCCCCC. The minimum absolute atomic E-state index is 0.166. The summed E-state index contributed by atoms with van der Waals surface area (Å²) in [6.45, 7) is 6.55. The molecule has 0 atom stereocenters. The van der Waals surface area contributed by atoms with Gasteiger partial charge in [-0.15, -0.1) is 0 Å². The van der Waals surface area contributed by atoms with E-state index in [1.165, 1.54) is 148 Å². The maximum Gasteiger partial charge on any atom is 0.295 e. The Morgan fingerprint density at radius 1 is 0.522 bits per heavy atom. The number of benzene rings is 2. The summed E-state index contributed by atoms with van der Waals surface area (Å²) in [5.74, 6) is 0. The van der Waals surface area contributed by atoms with Crippen LogP contribution in [0.25, 0.3) is 10.8 Å². The van der Waals surface area contributed by atoms with Crippen molar-refractivity contribution in [2.75, 3.05) is 0 Å². The summed E-state index contributed by atoms with van der Waals surface area (Å²) in [7, 11) is -4.31. The molecular formula is C41H70O4S. The van der Waals surface area contributed by atoms with Gasteiger partial charge in [0.15, 0.2) is 0 Å². The lowest BCUT2D eigenvalue weighted by atomic mass is 9.93. The molecule has 0 aromatic heterocycles. The molecule has 0 radical (unpaired) electrons. The highest BCUT2D eigenvalue weighted by Crippen LogP contribution is 2.32. The second-order valence-electron chi connectivity index (χ2n) is 13.5. The first kappa shape index (κ1) is 42.3. The number of carbonyl (C=O) groups excluding carboxylic acids is 1. The zero-order valence-electron chi connectivity index (χ0n) is 30.0. The molecule has 0 amide bonds. The molecule has 2 aromatic carbocycles. The monoisotopic (exact) mass is 658 g/mol. The van der Waals surface area contributed by atoms with Crippen LogP contribution in [0.15, 0.2) is 35.2 Å². The van der Waals surface area contributed by atoms with Gasteiger partial charge in [-0.3, -0.25) is 4.55 Å². The standard InChI is InChI=1S/C40H68O3S.CH2O/c1-3-5-7-9-11-13-15-17-19-21-23-25-27-31-36-35-37-32-29-30-34-39(37)40(44(41,42)43)38(36)33-28-26-24-22-20-18-16-14-12-10-8-6-4-2;1-2/h29-30,32,34-35H,3-28,31,33H2,1-2H3,(H,41,42,43);1H2. The lowest BCUT2D eigenvalue weighted by molar-refractivity contribution is -0.0980. The topological polar surface area (TPSA) is 71.4 Å². The lowest BCUT2D eigenvalue weighted by Gasteiger charge is -2.17. The van der Waals surface area contributed by atoms with Crippen molar-refractivity contribution in [3.63, 3.8) is 0 Å². The molecule has 1 N–H and O–H groups in total. The van der Waals surface area contributed by atoms with Gasteiger partial charge in [-0.2, -0.15) is 8.42 Å². The first-order valence-corrected chi connectivity index (χ1v) is 20.7. The molecule has 0 aliphatic heterocycles. The summed E-state index contributed by atoms with van der Waals surface area (Å²) >= 11 is 0. The first-order chi connectivity index (χ1) is 22.5. The van der Waals surface area contributed by atoms with E-state index in [2.05, 4.69) is 19.9 Å². The van der Waals surface area contributed by atoms with Crippen LogP contribution in [-0.4, -0.2) is 19.8 Å². The van der Waals surface area contributed by atoms with Gasteiger partial charge >= 0.3 is 0 Å². The molecule has 0 saturated heterocycles. The molecule has 0 bridgehead atoms. The second-order valence-corrected chi connectivity index (χ2v) is 14.9. The number of carbonyl (C=O) groups is 1. The van der Waals surface area contributed by atoms with E-state index in [9.17, 15) is 13.0 Å². The minimum atomic E-state index is -4.31. The van der Waals surface area contributed by atoms with Crippen LogP contribution in [0.4, 0.5) is 0 Å². The van der Waals surface area contributed by atoms with Crippen LogP contribution in [0.1, 0.15) is 192 Å². The zero-order chi connectivity index (χ0) is 33.7. The molecule has 4 nitrogen and oxygen atoms in total. The van der Waals surface area contributed by atoms with Gasteiger partial charge in [0.1, 0.15) is 11.7 Å². The predicted molar refractivity (Wildman–Crippen MR) is 200 cm³/mol. The molecular weight excluding hydrogens is 589 g/mol. The van der Waals surface area contributed by atoms with Crippen LogP contribution in [-0.2, 0) is 27.8 Å². The Hall–Kier alpha value is -1.72. The van der Waals surface area contributed by atoms with Gasteiger partial charge in [-0.1, -0.05) is 198 Å². The third-order valence-electron chi connectivity index (χ3n) is 9.53. The van der Waals surface area contributed by atoms with E-state index in [1.807, 2.05) is 31.1 Å². The first-order valence-electron chi connectivity index (χ1n) is 19.3. The molecule has 0 saturated carbocycles. The van der Waals surface area contributed by atoms with E-state index >= 15 is 0 Å². The van der Waals surface area contributed by atoms with Crippen LogP contribution in [0, 0.1) is 0 Å². The van der Waals surface area contributed by atoms with E-state index in [-0.39, 0.29) is 4.90 Å². The van der Waals surface area contributed by atoms with Gasteiger partial charge in [-0.25, -0.2) is 0 Å². The van der Waals surface area contributed by atoms with Crippen molar-refractivity contribution in [2.45, 2.75) is 199 Å². The fraction of sp³-hybridized carbons (Fsp3) is 0.732. The largest absolute Gasteiger partial charge is 0.307 e. The van der Waals surface area contributed by atoms with Crippen molar-refractivity contribution in [3.8, 4) is 0 Å². The van der Waals surface area contributed by atoms with Crippen molar-refractivity contribution >= 4 is 27.7 Å². The molecule has 2 rings (SSSR count). The smallest absolute Gasteiger partial charge is 0.295 e. The number of rotatable bonds is 29. The van der Waals surface area contributed by atoms with E-state index < -0.39 is 10.1 Å². The van der Waals surface area contributed by atoms with E-state index in [1.54, 1.807) is 0 Å². The predicted octanol–water partition coefficient (Wildman–Crippen LogP) is 13.2. The van der Waals surface area contributed by atoms with Gasteiger partial charge in [-0.05, 0) is 42.2 Å². The van der Waals surface area contributed by atoms with E-state index in [0.29, 0.717) is 5.39 Å². The Bertz CT molecular complexity index is 1110. The number of fused-ring (bicyclic) bond motifs is 1. The van der Waals surface area contributed by atoms with Crippen molar-refractivity contribution in [2.24, 2.45) is 0 Å². The van der Waals surface area contributed by atoms with Crippen LogP contribution >= 0.6 is 0 Å². The van der Waals surface area contributed by atoms with Gasteiger partial charge in [0.25, 0.3) is 10.1 Å². The third-order valence-corrected chi connectivity index (χ3v) is 10.5. The van der Waals surface area contributed by atoms with Crippen molar-refractivity contribution in [1.82, 2.24) is 0 Å². The molecule has 0 aliphatic carbocycles. The number of hydrogen-bond acceptors (Lipinski definition) is 3. The normalized spacial score (nSPS) is 11.5. The number of aryl methyl sites for hydroxylation is 1. The average Bonchev–Trinajstić information content (AvgIpc) is 3.05. The van der Waals surface area contributed by atoms with Crippen molar-refractivity contribution < 1.29 is 17.8 Å². The molecule has 2 aromatic rings. The number of unbranched alkanes of at least 4 members (excludes halogenated alkanes) is 24. The fourth-order valence-corrected chi connectivity index (χ4v) is 7.87. The van der Waals surface area contributed by atoms with E-state index in [0.717, 1.165) is 48.6 Å². The maximum absolute atomic E-state index is 12.7. The second kappa shape index (κ2) is 28.3. The summed E-state index contributed by atoms with van der Waals surface area (Å²) < 4.78 is 35.7. The Balaban J connectivity index is 0.00000518. The molecule has 0 aliphatic rings. The van der Waals surface area contributed by atoms with Crippen LogP contribution in [0.2, 0.25) is 0 Å². The van der Waals surface area contributed by atoms with Gasteiger partial charge < -0.3 is 4.79 Å². The highest BCUT2D eigenvalue weighted by Gasteiger charge is 2.22. The third kappa shape index (κ3) is 19.2. The van der Waals surface area contributed by atoms with Crippen molar-refractivity contribution in [3.05, 3.63) is 41.5 Å². The highest BCUT2D eigenvalue weighted by molar-refractivity contribution is 7.86. The molecule has 0 heterocycles. The Kier molecular flexibility index (Phi) is 26.0. The van der Waals surface area contributed by atoms with Gasteiger partial charge in [0.2, 0.25) is 0 Å². The van der Waals surface area contributed by atoms with Gasteiger partial charge in [0.05, 0.1) is 0 Å². The zero-order valence-corrected chi connectivity index (χ0v) is 30.8. The number of hydrogen-bond donors (Lipinski definition) is 1. The Morgan fingerprint density at radius 2 is 0.870 bits per heavy atom. The van der Waals surface area contributed by atoms with E-state index in [4.69, 9.17) is 4.79 Å². The Labute approximate surface area is 284 Å². The van der Waals surface area contributed by atoms with Crippen molar-refractivity contribution in [1.29, 1.82) is 0 Å². The van der Waals surface area contributed by atoms with Crippen LogP contribution in [0.3, 0.4) is 0 Å². The average molecular weight is 659 g/mol. The summed E-state index contributed by atoms with van der Waals surface area (Å²) in [4.78, 5) is 8.17. The summed E-state index contributed by atoms with van der Waals surface area (Å²) in [6.07, 6.45) is 35.7.